The number of benzene rings is 3. The third kappa shape index (κ3) is 4.41. The van der Waals surface area contributed by atoms with Gasteiger partial charge in [-0.25, -0.2) is 9.67 Å². The first-order valence-electron chi connectivity index (χ1n) is 9.57. The highest BCUT2D eigenvalue weighted by atomic mass is 16.2. The minimum Gasteiger partial charge on any atom is -0.306 e. The topological polar surface area (TPSA) is 51.0 Å². The third-order valence-electron chi connectivity index (χ3n) is 4.65. The minimum absolute atomic E-state index is 0.0397. The second kappa shape index (κ2) is 8.52. The second-order valence-corrected chi connectivity index (χ2v) is 6.81. The first-order chi connectivity index (χ1) is 14.2. The van der Waals surface area contributed by atoms with E-state index < -0.39 is 0 Å². The molecule has 5 heteroatoms. The summed E-state index contributed by atoms with van der Waals surface area (Å²) in [7, 11) is 0. The number of hydrogen-bond donors (Lipinski definition) is 0. The smallest absolute Gasteiger partial charge is 0.249 e. The Labute approximate surface area is 170 Å². The lowest BCUT2D eigenvalue weighted by Gasteiger charge is -2.23. The lowest BCUT2D eigenvalue weighted by molar-refractivity contribution is -0.119. The van der Waals surface area contributed by atoms with Gasteiger partial charge in [0.2, 0.25) is 5.91 Å². The van der Waals surface area contributed by atoms with Gasteiger partial charge in [-0.05, 0) is 24.6 Å². The lowest BCUT2D eigenvalue weighted by atomic mass is 10.2. The molecule has 144 valence electrons. The van der Waals surface area contributed by atoms with Crippen LogP contribution in [0.5, 0.6) is 0 Å². The zero-order chi connectivity index (χ0) is 20.1. The summed E-state index contributed by atoms with van der Waals surface area (Å²) in [6.45, 7) is 2.46. The molecule has 0 saturated carbocycles. The number of anilines is 1. The quantitative estimate of drug-likeness (QED) is 0.494. The molecule has 1 aromatic heterocycles. The molecule has 0 fully saturated rings. The number of carbonyl (C=O) groups is 1. The van der Waals surface area contributed by atoms with Crippen molar-refractivity contribution in [1.82, 2.24) is 14.8 Å². The highest BCUT2D eigenvalue weighted by molar-refractivity contribution is 5.93. The zero-order valence-electron chi connectivity index (χ0n) is 16.3. The lowest BCUT2D eigenvalue weighted by Crippen LogP contribution is -2.34. The maximum Gasteiger partial charge on any atom is 0.249 e. The van der Waals surface area contributed by atoms with Gasteiger partial charge in [0.05, 0.1) is 6.54 Å². The van der Waals surface area contributed by atoms with Crippen LogP contribution in [0, 0.1) is 6.92 Å². The molecule has 3 aromatic carbocycles. The molecule has 0 spiro atoms. The maximum absolute atomic E-state index is 13.3. The Morgan fingerprint density at radius 2 is 1.45 bits per heavy atom. The van der Waals surface area contributed by atoms with Crippen molar-refractivity contribution in [1.29, 1.82) is 0 Å². The molecule has 1 amide bonds. The molecule has 4 rings (SSSR count). The monoisotopic (exact) mass is 382 g/mol. The van der Waals surface area contributed by atoms with Gasteiger partial charge in [0, 0.05) is 11.3 Å². The Hall–Kier alpha value is -3.73. The average molecular weight is 382 g/mol. The van der Waals surface area contributed by atoms with E-state index in [2.05, 4.69) is 10.1 Å². The zero-order valence-corrected chi connectivity index (χ0v) is 16.3. The Morgan fingerprint density at radius 3 is 2.10 bits per heavy atom. The second-order valence-electron chi connectivity index (χ2n) is 6.81. The number of aryl methyl sites for hydroxylation is 1. The normalized spacial score (nSPS) is 10.7. The molecule has 4 aromatic rings. The van der Waals surface area contributed by atoms with Crippen LogP contribution in [0.4, 0.5) is 5.69 Å². The minimum atomic E-state index is -0.0397. The first kappa shape index (κ1) is 18.6. The standard InChI is InChI=1S/C24H22N4O/c1-19-25-24(21-13-7-3-8-14-21)28(26-19)18-23(29)27(22-15-9-4-10-16-22)17-20-11-5-2-6-12-20/h2-16H,17-18H2,1H3. The summed E-state index contributed by atoms with van der Waals surface area (Å²) in [6.07, 6.45) is 0. The summed E-state index contributed by atoms with van der Waals surface area (Å²) in [5, 5.41) is 4.47. The number of nitrogens with zero attached hydrogens (tertiary/aromatic N) is 4. The summed E-state index contributed by atoms with van der Waals surface area (Å²) >= 11 is 0. The molecular weight excluding hydrogens is 360 g/mol. The van der Waals surface area contributed by atoms with Crippen LogP contribution in [0.2, 0.25) is 0 Å². The summed E-state index contributed by atoms with van der Waals surface area (Å²) in [6, 6.07) is 29.5. The van der Waals surface area contributed by atoms with E-state index in [0.717, 1.165) is 16.8 Å². The fourth-order valence-electron chi connectivity index (χ4n) is 3.28. The number of aromatic nitrogens is 3. The van der Waals surface area contributed by atoms with Crippen molar-refractivity contribution in [3.05, 3.63) is 102 Å². The van der Waals surface area contributed by atoms with Crippen LogP contribution < -0.4 is 4.90 Å². The van der Waals surface area contributed by atoms with Gasteiger partial charge in [-0.2, -0.15) is 5.10 Å². The van der Waals surface area contributed by atoms with Crippen LogP contribution in [-0.2, 0) is 17.9 Å². The Kier molecular flexibility index (Phi) is 5.47. The SMILES string of the molecule is Cc1nc(-c2ccccc2)n(CC(=O)N(Cc2ccccc2)c2ccccc2)n1. The van der Waals surface area contributed by atoms with E-state index >= 15 is 0 Å². The number of amides is 1. The Balaban J connectivity index is 1.64. The first-order valence-corrected chi connectivity index (χ1v) is 9.57. The van der Waals surface area contributed by atoms with Crippen LogP contribution >= 0.6 is 0 Å². The Bertz CT molecular complexity index is 1080. The van der Waals surface area contributed by atoms with Gasteiger partial charge in [0.1, 0.15) is 12.4 Å². The molecule has 0 saturated heterocycles. The highest BCUT2D eigenvalue weighted by Crippen LogP contribution is 2.20. The van der Waals surface area contributed by atoms with Gasteiger partial charge in [0.25, 0.3) is 0 Å². The molecule has 0 N–H and O–H groups in total. The van der Waals surface area contributed by atoms with E-state index in [1.807, 2.05) is 97.9 Å². The van der Waals surface area contributed by atoms with Crippen LogP contribution in [0.15, 0.2) is 91.0 Å². The molecular formula is C24H22N4O. The van der Waals surface area contributed by atoms with Crippen molar-refractivity contribution >= 4 is 11.6 Å². The van der Waals surface area contributed by atoms with Crippen molar-refractivity contribution in [3.8, 4) is 11.4 Å². The third-order valence-corrected chi connectivity index (χ3v) is 4.65. The number of hydrogen-bond acceptors (Lipinski definition) is 3. The number of rotatable bonds is 6. The molecule has 5 nitrogen and oxygen atoms in total. The number of para-hydroxylation sites is 1. The predicted molar refractivity (Wildman–Crippen MR) is 114 cm³/mol. The van der Waals surface area contributed by atoms with E-state index in [9.17, 15) is 4.79 Å². The van der Waals surface area contributed by atoms with Gasteiger partial charge < -0.3 is 4.90 Å². The van der Waals surface area contributed by atoms with Gasteiger partial charge in [-0.15, -0.1) is 0 Å². The molecule has 29 heavy (non-hydrogen) atoms. The molecule has 0 radical (unpaired) electrons. The van der Waals surface area contributed by atoms with Crippen molar-refractivity contribution in [3.63, 3.8) is 0 Å². The van der Waals surface area contributed by atoms with Crippen molar-refractivity contribution < 1.29 is 4.79 Å². The molecule has 0 aliphatic rings. The van der Waals surface area contributed by atoms with Crippen molar-refractivity contribution in [2.24, 2.45) is 0 Å². The average Bonchev–Trinajstić information content (AvgIpc) is 3.14. The molecule has 0 unspecified atom stereocenters. The van der Waals surface area contributed by atoms with Crippen LogP contribution in [0.1, 0.15) is 11.4 Å². The summed E-state index contributed by atoms with van der Waals surface area (Å²) in [5.74, 6) is 1.30. The number of carbonyl (C=O) groups excluding carboxylic acids is 1. The molecule has 0 aliphatic heterocycles. The molecule has 0 bridgehead atoms. The predicted octanol–water partition coefficient (Wildman–Crippen LogP) is 4.49. The molecule has 0 aliphatic carbocycles. The fraction of sp³-hybridized carbons (Fsp3) is 0.125. The summed E-state index contributed by atoms with van der Waals surface area (Å²) < 4.78 is 1.69. The van der Waals surface area contributed by atoms with E-state index in [4.69, 9.17) is 0 Å². The maximum atomic E-state index is 13.3. The van der Waals surface area contributed by atoms with Gasteiger partial charge >= 0.3 is 0 Å². The van der Waals surface area contributed by atoms with Crippen molar-refractivity contribution in [2.45, 2.75) is 20.0 Å². The summed E-state index contributed by atoms with van der Waals surface area (Å²) in [4.78, 5) is 19.7. The van der Waals surface area contributed by atoms with Crippen LogP contribution in [0.3, 0.4) is 0 Å². The van der Waals surface area contributed by atoms with Crippen molar-refractivity contribution in [2.75, 3.05) is 4.90 Å². The van der Waals surface area contributed by atoms with Gasteiger partial charge in [0.15, 0.2) is 5.82 Å². The van der Waals surface area contributed by atoms with E-state index in [-0.39, 0.29) is 12.5 Å². The fourth-order valence-corrected chi connectivity index (χ4v) is 3.28. The molecule has 1 heterocycles. The summed E-state index contributed by atoms with van der Waals surface area (Å²) in [5.41, 5.74) is 2.87. The van der Waals surface area contributed by atoms with Crippen LogP contribution in [0.25, 0.3) is 11.4 Å². The van der Waals surface area contributed by atoms with Gasteiger partial charge in [-0.1, -0.05) is 78.9 Å². The highest BCUT2D eigenvalue weighted by Gasteiger charge is 2.20. The van der Waals surface area contributed by atoms with E-state index in [1.54, 1.807) is 9.58 Å². The van der Waals surface area contributed by atoms with E-state index in [1.165, 1.54) is 0 Å². The molecule has 0 atom stereocenters. The Morgan fingerprint density at radius 1 is 0.862 bits per heavy atom. The largest absolute Gasteiger partial charge is 0.306 e. The van der Waals surface area contributed by atoms with Gasteiger partial charge in [-0.3, -0.25) is 4.79 Å². The van der Waals surface area contributed by atoms with Crippen LogP contribution in [-0.4, -0.2) is 20.7 Å². The van der Waals surface area contributed by atoms with E-state index in [0.29, 0.717) is 18.2 Å².